The standard InChI is InChI=1S/C30H36O3/c1-23(2)10-8-11-24(3)12-9-13-25(4)20-21-33-27-17-18-28(30(32)22-27)29(31)19-16-26-14-6-5-7-15-26/h5-7,10,12,14-20,22,32H,8-9,11,13,21H2,1-4H3/b19-16+,24-12+,25-20+. The van der Waals surface area contributed by atoms with Crippen LogP contribution in [0.2, 0.25) is 0 Å². The lowest BCUT2D eigenvalue weighted by atomic mass is 10.1. The minimum atomic E-state index is -0.247. The quantitative estimate of drug-likeness (QED) is 0.204. The van der Waals surface area contributed by atoms with Crippen molar-refractivity contribution in [3.63, 3.8) is 0 Å². The van der Waals surface area contributed by atoms with Crippen molar-refractivity contribution in [3.8, 4) is 11.5 Å². The molecular weight excluding hydrogens is 408 g/mol. The van der Waals surface area contributed by atoms with Crippen LogP contribution in [0.25, 0.3) is 6.08 Å². The number of ketones is 1. The van der Waals surface area contributed by atoms with Crippen molar-refractivity contribution >= 4 is 11.9 Å². The molecule has 1 N–H and O–H groups in total. The Kier molecular flexibility index (Phi) is 11.0. The van der Waals surface area contributed by atoms with Crippen LogP contribution in [0.15, 0.2) is 89.6 Å². The maximum absolute atomic E-state index is 12.4. The molecule has 0 saturated carbocycles. The third-order valence-corrected chi connectivity index (χ3v) is 5.27. The first-order chi connectivity index (χ1) is 15.8. The maximum Gasteiger partial charge on any atom is 0.189 e. The first-order valence-electron chi connectivity index (χ1n) is 11.5. The normalized spacial score (nSPS) is 12.1. The molecule has 2 aromatic carbocycles. The lowest BCUT2D eigenvalue weighted by molar-refractivity contribution is 0.104. The van der Waals surface area contributed by atoms with E-state index in [-0.39, 0.29) is 17.1 Å². The molecular formula is C30H36O3. The van der Waals surface area contributed by atoms with Gasteiger partial charge < -0.3 is 9.84 Å². The van der Waals surface area contributed by atoms with Crippen molar-refractivity contribution in [2.75, 3.05) is 6.61 Å². The number of phenols is 1. The molecule has 174 valence electrons. The second kappa shape index (κ2) is 13.9. The number of allylic oxidation sites excluding steroid dienone is 6. The number of hydrogen-bond donors (Lipinski definition) is 1. The molecule has 0 heterocycles. The number of ether oxygens (including phenoxy) is 1. The number of aromatic hydroxyl groups is 1. The van der Waals surface area contributed by atoms with Crippen LogP contribution in [0.5, 0.6) is 11.5 Å². The minimum Gasteiger partial charge on any atom is -0.507 e. The highest BCUT2D eigenvalue weighted by Gasteiger charge is 2.09. The summed E-state index contributed by atoms with van der Waals surface area (Å²) >= 11 is 0. The highest BCUT2D eigenvalue weighted by atomic mass is 16.5. The van der Waals surface area contributed by atoms with Gasteiger partial charge in [-0.3, -0.25) is 4.79 Å². The van der Waals surface area contributed by atoms with Crippen LogP contribution in [0.4, 0.5) is 0 Å². The summed E-state index contributed by atoms with van der Waals surface area (Å²) in [5.74, 6) is 0.211. The lowest BCUT2D eigenvalue weighted by Crippen LogP contribution is -1.98. The van der Waals surface area contributed by atoms with E-state index in [0.29, 0.717) is 12.4 Å². The van der Waals surface area contributed by atoms with Gasteiger partial charge in [0.2, 0.25) is 0 Å². The van der Waals surface area contributed by atoms with Crippen LogP contribution in [0.1, 0.15) is 69.3 Å². The number of phenolic OH excluding ortho intramolecular Hbond substituents is 1. The smallest absolute Gasteiger partial charge is 0.189 e. The molecule has 0 atom stereocenters. The molecule has 2 rings (SSSR count). The number of hydrogen-bond acceptors (Lipinski definition) is 3. The third-order valence-electron chi connectivity index (χ3n) is 5.27. The van der Waals surface area contributed by atoms with Gasteiger partial charge in [-0.05, 0) is 83.2 Å². The molecule has 0 saturated heterocycles. The molecule has 33 heavy (non-hydrogen) atoms. The van der Waals surface area contributed by atoms with Crippen molar-refractivity contribution in [1.29, 1.82) is 0 Å². The Labute approximate surface area is 198 Å². The Morgan fingerprint density at radius 1 is 0.879 bits per heavy atom. The van der Waals surface area contributed by atoms with Gasteiger partial charge in [0.1, 0.15) is 18.1 Å². The molecule has 0 radical (unpaired) electrons. The molecule has 0 aliphatic carbocycles. The molecule has 0 aliphatic heterocycles. The lowest BCUT2D eigenvalue weighted by Gasteiger charge is -2.07. The zero-order valence-electron chi connectivity index (χ0n) is 20.3. The monoisotopic (exact) mass is 444 g/mol. The highest BCUT2D eigenvalue weighted by Crippen LogP contribution is 2.25. The minimum absolute atomic E-state index is 0.0790. The average molecular weight is 445 g/mol. The van der Waals surface area contributed by atoms with E-state index in [9.17, 15) is 9.90 Å². The summed E-state index contributed by atoms with van der Waals surface area (Å²) in [6, 6.07) is 14.4. The van der Waals surface area contributed by atoms with Gasteiger partial charge in [0, 0.05) is 6.07 Å². The summed E-state index contributed by atoms with van der Waals surface area (Å²) in [5, 5.41) is 10.3. The fourth-order valence-corrected chi connectivity index (χ4v) is 3.25. The van der Waals surface area contributed by atoms with Crippen LogP contribution in [0, 0.1) is 0 Å². The highest BCUT2D eigenvalue weighted by molar-refractivity contribution is 6.08. The Morgan fingerprint density at radius 2 is 1.55 bits per heavy atom. The Morgan fingerprint density at radius 3 is 2.21 bits per heavy atom. The van der Waals surface area contributed by atoms with Crippen LogP contribution >= 0.6 is 0 Å². The van der Waals surface area contributed by atoms with E-state index in [2.05, 4.69) is 45.9 Å². The predicted molar refractivity (Wildman–Crippen MR) is 139 cm³/mol. The number of carbonyl (C=O) groups is 1. The number of benzene rings is 2. The first-order valence-corrected chi connectivity index (χ1v) is 11.5. The fraction of sp³-hybridized carbons (Fsp3) is 0.300. The topological polar surface area (TPSA) is 46.5 Å². The Bertz CT molecular complexity index is 1020. The van der Waals surface area contributed by atoms with E-state index < -0.39 is 0 Å². The number of rotatable bonds is 12. The van der Waals surface area contributed by atoms with Gasteiger partial charge in [-0.2, -0.15) is 0 Å². The summed E-state index contributed by atoms with van der Waals surface area (Å²) in [6.45, 7) is 8.99. The molecule has 3 nitrogen and oxygen atoms in total. The molecule has 0 fully saturated rings. The van der Waals surface area contributed by atoms with Gasteiger partial charge in [-0.15, -0.1) is 0 Å². The third kappa shape index (κ3) is 10.2. The van der Waals surface area contributed by atoms with Crippen molar-refractivity contribution in [3.05, 3.63) is 101 Å². The molecule has 0 spiro atoms. The molecule has 0 aliphatic rings. The summed E-state index contributed by atoms with van der Waals surface area (Å²) in [4.78, 5) is 12.4. The molecule has 2 aromatic rings. The summed E-state index contributed by atoms with van der Waals surface area (Å²) in [7, 11) is 0. The van der Waals surface area contributed by atoms with E-state index in [1.165, 1.54) is 28.9 Å². The zero-order chi connectivity index (χ0) is 24.1. The van der Waals surface area contributed by atoms with E-state index in [4.69, 9.17) is 4.74 Å². The second-order valence-corrected chi connectivity index (χ2v) is 8.56. The van der Waals surface area contributed by atoms with Crippen molar-refractivity contribution in [2.45, 2.75) is 53.4 Å². The van der Waals surface area contributed by atoms with Gasteiger partial charge in [-0.25, -0.2) is 0 Å². The molecule has 3 heteroatoms. The molecule has 0 unspecified atom stereocenters. The average Bonchev–Trinajstić information content (AvgIpc) is 2.78. The van der Waals surface area contributed by atoms with E-state index in [0.717, 1.165) is 31.2 Å². The summed E-state index contributed by atoms with van der Waals surface area (Å²) in [6.07, 6.45) is 14.1. The van der Waals surface area contributed by atoms with Crippen molar-refractivity contribution < 1.29 is 14.6 Å². The number of carbonyl (C=O) groups excluding carboxylic acids is 1. The maximum atomic E-state index is 12.4. The molecule has 0 bridgehead atoms. The SMILES string of the molecule is CC(C)=CCC/C(C)=C/CC/C(C)=C/COc1ccc(C(=O)/C=C/c2ccccc2)c(O)c1. The largest absolute Gasteiger partial charge is 0.507 e. The van der Waals surface area contributed by atoms with Crippen molar-refractivity contribution in [2.24, 2.45) is 0 Å². The first kappa shape index (κ1) is 25.9. The van der Waals surface area contributed by atoms with Crippen LogP contribution < -0.4 is 4.74 Å². The van der Waals surface area contributed by atoms with Gasteiger partial charge in [0.15, 0.2) is 5.78 Å². The van der Waals surface area contributed by atoms with Crippen LogP contribution in [-0.2, 0) is 0 Å². The summed E-state index contributed by atoms with van der Waals surface area (Å²) < 4.78 is 5.74. The Hall–Kier alpha value is -3.33. The van der Waals surface area contributed by atoms with Gasteiger partial charge in [0.05, 0.1) is 5.56 Å². The van der Waals surface area contributed by atoms with Gasteiger partial charge in [-0.1, -0.05) is 65.3 Å². The van der Waals surface area contributed by atoms with Gasteiger partial charge >= 0.3 is 0 Å². The fourth-order valence-electron chi connectivity index (χ4n) is 3.25. The van der Waals surface area contributed by atoms with E-state index >= 15 is 0 Å². The van der Waals surface area contributed by atoms with Crippen LogP contribution in [-0.4, -0.2) is 17.5 Å². The Balaban J connectivity index is 1.81. The summed E-state index contributed by atoms with van der Waals surface area (Å²) in [5.41, 5.74) is 5.26. The zero-order valence-corrected chi connectivity index (χ0v) is 20.3. The second-order valence-electron chi connectivity index (χ2n) is 8.56. The molecule has 0 amide bonds. The van der Waals surface area contributed by atoms with Crippen LogP contribution in [0.3, 0.4) is 0 Å². The van der Waals surface area contributed by atoms with E-state index in [1.807, 2.05) is 30.3 Å². The predicted octanol–water partition coefficient (Wildman–Crippen LogP) is 8.09. The van der Waals surface area contributed by atoms with E-state index in [1.54, 1.807) is 18.2 Å². The van der Waals surface area contributed by atoms with Crippen molar-refractivity contribution in [1.82, 2.24) is 0 Å². The molecule has 0 aromatic heterocycles. The van der Waals surface area contributed by atoms with Gasteiger partial charge in [0.25, 0.3) is 0 Å².